The Kier molecular flexibility index (Phi) is 6.97. The Morgan fingerprint density at radius 1 is 1.47 bits per heavy atom. The van der Waals surface area contributed by atoms with E-state index in [0.717, 1.165) is 19.4 Å². The fourth-order valence-corrected chi connectivity index (χ4v) is 2.24. The summed E-state index contributed by atoms with van der Waals surface area (Å²) in [5.74, 6) is 0. The summed E-state index contributed by atoms with van der Waals surface area (Å²) < 4.78 is 0. The van der Waals surface area contributed by atoms with E-state index in [2.05, 4.69) is 24.5 Å². The second kappa shape index (κ2) is 8.31. The summed E-state index contributed by atoms with van der Waals surface area (Å²) in [6.45, 7) is 3.54. The normalized spacial score (nSPS) is 18.8. The minimum absolute atomic E-state index is 0.478. The zero-order chi connectivity index (χ0) is 12.5. The molecular weight excluding hydrogens is 210 g/mol. The average Bonchev–Trinajstić information content (AvgIpc) is 2.39. The van der Waals surface area contributed by atoms with E-state index in [0.29, 0.717) is 12.6 Å². The molecular formula is C14H27N3. The van der Waals surface area contributed by atoms with Crippen molar-refractivity contribution in [3.05, 3.63) is 23.4 Å². The molecule has 1 unspecified atom stereocenters. The number of hydrogen-bond donors (Lipinski definition) is 3. The van der Waals surface area contributed by atoms with Crippen LogP contribution in [0.3, 0.4) is 0 Å². The Morgan fingerprint density at radius 2 is 2.29 bits per heavy atom. The molecule has 5 N–H and O–H groups in total. The zero-order valence-electron chi connectivity index (χ0n) is 11.0. The van der Waals surface area contributed by atoms with Gasteiger partial charge in [0.15, 0.2) is 0 Å². The van der Waals surface area contributed by atoms with Gasteiger partial charge >= 0.3 is 0 Å². The van der Waals surface area contributed by atoms with Crippen molar-refractivity contribution in [1.29, 1.82) is 0 Å². The summed E-state index contributed by atoms with van der Waals surface area (Å²) in [6.07, 6.45) is 11.6. The maximum Gasteiger partial charge on any atom is 0.0265 e. The molecule has 0 heterocycles. The standard InChI is InChI=1S/C14H27N3/c1-2-14(8-9-15)17-11-13(10-16)12-6-4-3-5-7-12/h6,11,14,17H,2-5,7-10,15-16H2,1H3/b13-11+. The highest BCUT2D eigenvalue weighted by molar-refractivity contribution is 5.32. The van der Waals surface area contributed by atoms with Gasteiger partial charge in [-0.25, -0.2) is 0 Å². The van der Waals surface area contributed by atoms with Gasteiger partial charge in [0.2, 0.25) is 0 Å². The number of hydrogen-bond acceptors (Lipinski definition) is 3. The van der Waals surface area contributed by atoms with E-state index in [-0.39, 0.29) is 0 Å². The largest absolute Gasteiger partial charge is 0.388 e. The number of nitrogens with two attached hydrogens (primary N) is 2. The van der Waals surface area contributed by atoms with Crippen LogP contribution in [0.25, 0.3) is 0 Å². The van der Waals surface area contributed by atoms with Crippen molar-refractivity contribution in [3.63, 3.8) is 0 Å². The van der Waals surface area contributed by atoms with Gasteiger partial charge in [-0.2, -0.15) is 0 Å². The van der Waals surface area contributed by atoms with Crippen LogP contribution < -0.4 is 16.8 Å². The van der Waals surface area contributed by atoms with E-state index in [1.807, 2.05) is 0 Å². The SMILES string of the molecule is CCC(CCN)N/C=C(\CN)C1=CCCCC1. The molecule has 0 radical (unpaired) electrons. The van der Waals surface area contributed by atoms with Gasteiger partial charge < -0.3 is 16.8 Å². The third-order valence-corrected chi connectivity index (χ3v) is 3.42. The zero-order valence-corrected chi connectivity index (χ0v) is 11.0. The fraction of sp³-hybridized carbons (Fsp3) is 0.714. The van der Waals surface area contributed by atoms with Crippen molar-refractivity contribution >= 4 is 0 Å². The number of nitrogens with one attached hydrogen (secondary N) is 1. The average molecular weight is 237 g/mol. The van der Waals surface area contributed by atoms with Gasteiger partial charge in [0.1, 0.15) is 0 Å². The lowest BCUT2D eigenvalue weighted by Gasteiger charge is -2.18. The first kappa shape index (κ1) is 14.3. The van der Waals surface area contributed by atoms with Crippen molar-refractivity contribution in [2.24, 2.45) is 11.5 Å². The molecule has 0 aromatic carbocycles. The van der Waals surface area contributed by atoms with Crippen LogP contribution in [0.2, 0.25) is 0 Å². The molecule has 0 aromatic rings. The maximum atomic E-state index is 5.83. The highest BCUT2D eigenvalue weighted by Gasteiger charge is 2.08. The van der Waals surface area contributed by atoms with Gasteiger partial charge in [-0.05, 0) is 56.2 Å². The maximum absolute atomic E-state index is 5.83. The molecule has 0 saturated carbocycles. The number of allylic oxidation sites excluding steroid dienone is 1. The molecule has 1 aliphatic rings. The molecule has 98 valence electrons. The molecule has 0 amide bonds. The first-order chi connectivity index (χ1) is 8.31. The van der Waals surface area contributed by atoms with Crippen LogP contribution in [0.1, 0.15) is 45.4 Å². The minimum atomic E-state index is 0.478. The Balaban J connectivity index is 2.56. The molecule has 1 aliphatic carbocycles. The number of rotatable bonds is 7. The third kappa shape index (κ3) is 4.92. The Bertz CT molecular complexity index is 269. The van der Waals surface area contributed by atoms with Gasteiger partial charge in [0.25, 0.3) is 0 Å². The third-order valence-electron chi connectivity index (χ3n) is 3.42. The molecule has 1 atom stereocenters. The monoisotopic (exact) mass is 237 g/mol. The molecule has 0 saturated heterocycles. The molecule has 0 aromatic heterocycles. The van der Waals surface area contributed by atoms with E-state index in [9.17, 15) is 0 Å². The second-order valence-electron chi connectivity index (χ2n) is 4.70. The second-order valence-corrected chi connectivity index (χ2v) is 4.70. The lowest BCUT2D eigenvalue weighted by molar-refractivity contribution is 0.531. The van der Waals surface area contributed by atoms with Crippen molar-refractivity contribution in [2.75, 3.05) is 13.1 Å². The van der Waals surface area contributed by atoms with Crippen LogP contribution in [-0.2, 0) is 0 Å². The van der Waals surface area contributed by atoms with Crippen molar-refractivity contribution in [3.8, 4) is 0 Å². The van der Waals surface area contributed by atoms with Crippen LogP contribution in [0.4, 0.5) is 0 Å². The van der Waals surface area contributed by atoms with Crippen molar-refractivity contribution in [2.45, 2.75) is 51.5 Å². The van der Waals surface area contributed by atoms with Crippen molar-refractivity contribution < 1.29 is 0 Å². The molecule has 3 heteroatoms. The summed E-state index contributed by atoms with van der Waals surface area (Å²) in [5.41, 5.74) is 14.1. The van der Waals surface area contributed by atoms with E-state index < -0.39 is 0 Å². The molecule has 0 fully saturated rings. The van der Waals surface area contributed by atoms with Crippen LogP contribution in [0.5, 0.6) is 0 Å². The van der Waals surface area contributed by atoms with Gasteiger partial charge in [-0.3, -0.25) is 0 Å². The first-order valence-electron chi connectivity index (χ1n) is 6.86. The Morgan fingerprint density at radius 3 is 2.82 bits per heavy atom. The van der Waals surface area contributed by atoms with E-state index in [1.54, 1.807) is 0 Å². The molecule has 1 rings (SSSR count). The quantitative estimate of drug-likeness (QED) is 0.635. The molecule has 3 nitrogen and oxygen atoms in total. The predicted molar refractivity (Wildman–Crippen MR) is 74.6 cm³/mol. The van der Waals surface area contributed by atoms with E-state index >= 15 is 0 Å². The molecule has 0 spiro atoms. The summed E-state index contributed by atoms with van der Waals surface area (Å²) >= 11 is 0. The highest BCUT2D eigenvalue weighted by Crippen LogP contribution is 2.22. The van der Waals surface area contributed by atoms with Crippen LogP contribution in [-0.4, -0.2) is 19.1 Å². The fourth-order valence-electron chi connectivity index (χ4n) is 2.24. The Labute approximate surface area is 105 Å². The predicted octanol–water partition coefficient (Wildman–Crippen LogP) is 2.05. The van der Waals surface area contributed by atoms with Crippen LogP contribution >= 0.6 is 0 Å². The molecule has 17 heavy (non-hydrogen) atoms. The van der Waals surface area contributed by atoms with Gasteiger partial charge in [0, 0.05) is 18.8 Å². The van der Waals surface area contributed by atoms with Gasteiger partial charge in [-0.15, -0.1) is 0 Å². The summed E-state index contributed by atoms with van der Waals surface area (Å²) in [5, 5.41) is 3.46. The molecule has 0 bridgehead atoms. The Hall–Kier alpha value is -0.800. The minimum Gasteiger partial charge on any atom is -0.388 e. The van der Waals surface area contributed by atoms with Gasteiger partial charge in [0.05, 0.1) is 0 Å². The van der Waals surface area contributed by atoms with E-state index in [4.69, 9.17) is 11.5 Å². The smallest absolute Gasteiger partial charge is 0.0265 e. The van der Waals surface area contributed by atoms with Gasteiger partial charge in [-0.1, -0.05) is 13.0 Å². The lowest BCUT2D eigenvalue weighted by atomic mass is 9.94. The summed E-state index contributed by atoms with van der Waals surface area (Å²) in [6, 6.07) is 0.478. The first-order valence-corrected chi connectivity index (χ1v) is 6.86. The topological polar surface area (TPSA) is 64.1 Å². The van der Waals surface area contributed by atoms with Crippen LogP contribution in [0.15, 0.2) is 23.4 Å². The van der Waals surface area contributed by atoms with E-state index in [1.165, 1.54) is 36.8 Å². The van der Waals surface area contributed by atoms with Crippen LogP contribution in [0, 0.1) is 0 Å². The lowest BCUT2D eigenvalue weighted by Crippen LogP contribution is -2.27. The highest BCUT2D eigenvalue weighted by atomic mass is 14.9. The summed E-state index contributed by atoms with van der Waals surface area (Å²) in [4.78, 5) is 0. The molecule has 0 aliphatic heterocycles. The summed E-state index contributed by atoms with van der Waals surface area (Å²) in [7, 11) is 0. The van der Waals surface area contributed by atoms with Crippen molar-refractivity contribution in [1.82, 2.24) is 5.32 Å².